The minimum absolute atomic E-state index is 0. The Bertz CT molecular complexity index is 850. The summed E-state index contributed by atoms with van der Waals surface area (Å²) >= 11 is 0. The molecule has 1 heterocycles. The minimum Gasteiger partial charge on any atom is -1.00 e. The van der Waals surface area contributed by atoms with Crippen LogP contribution >= 0.6 is 0 Å². The van der Waals surface area contributed by atoms with Gasteiger partial charge in [0.2, 0.25) is 0 Å². The van der Waals surface area contributed by atoms with Crippen LogP contribution in [0.25, 0.3) is 22.4 Å². The summed E-state index contributed by atoms with van der Waals surface area (Å²) in [7, 11) is -4.20. The predicted molar refractivity (Wildman–Crippen MR) is 72.5 cm³/mol. The van der Waals surface area contributed by atoms with Crippen LogP contribution in [0.3, 0.4) is 0 Å². The molecule has 0 radical (unpaired) electrons. The van der Waals surface area contributed by atoms with Crippen molar-refractivity contribution in [3.63, 3.8) is 0 Å². The maximum atomic E-state index is 11.1. The third-order valence-electron chi connectivity index (χ3n) is 2.80. The molecule has 0 spiro atoms. The van der Waals surface area contributed by atoms with Crippen LogP contribution < -0.4 is 51.4 Å². The molecule has 2 aromatic carbocycles. The van der Waals surface area contributed by atoms with Gasteiger partial charge in [-0.1, -0.05) is 30.3 Å². The predicted octanol–water partition coefficient (Wildman–Crippen LogP) is -0.407. The number of aromatic amines is 1. The number of benzene rings is 2. The van der Waals surface area contributed by atoms with Crippen molar-refractivity contribution in [3.8, 4) is 11.4 Å². The summed E-state index contributed by atoms with van der Waals surface area (Å²) in [5.41, 5.74) is 2.12. The Hall–Kier alpha value is -0.544. The van der Waals surface area contributed by atoms with Gasteiger partial charge in [0.25, 0.3) is 10.1 Å². The molecule has 0 aliphatic heterocycles. The van der Waals surface area contributed by atoms with Gasteiger partial charge in [-0.05, 0) is 18.2 Å². The van der Waals surface area contributed by atoms with Crippen molar-refractivity contribution in [2.45, 2.75) is 4.90 Å². The molecule has 98 valence electrons. The fourth-order valence-corrected chi connectivity index (χ4v) is 2.39. The molecule has 0 saturated carbocycles. The van der Waals surface area contributed by atoms with E-state index >= 15 is 0 Å². The zero-order valence-corrected chi connectivity index (χ0v) is 14.7. The van der Waals surface area contributed by atoms with Crippen molar-refractivity contribution in [2.75, 3.05) is 0 Å². The average Bonchev–Trinajstić information content (AvgIpc) is 2.81. The second-order valence-corrected chi connectivity index (χ2v) is 5.53. The summed E-state index contributed by atoms with van der Waals surface area (Å²) in [6.07, 6.45) is 0. The van der Waals surface area contributed by atoms with Gasteiger partial charge in [-0.25, -0.2) is 4.98 Å². The maximum absolute atomic E-state index is 11.1. The first-order chi connectivity index (χ1) is 9.04. The first-order valence-corrected chi connectivity index (χ1v) is 7.01. The van der Waals surface area contributed by atoms with E-state index in [4.69, 9.17) is 4.55 Å². The number of nitrogens with zero attached hydrogens (tertiary/aromatic N) is 1. The maximum Gasteiger partial charge on any atom is 1.00 e. The molecule has 0 atom stereocenters. The Morgan fingerprint density at radius 1 is 1.10 bits per heavy atom. The van der Waals surface area contributed by atoms with E-state index in [2.05, 4.69) is 9.97 Å². The third-order valence-corrected chi connectivity index (χ3v) is 3.65. The second-order valence-electron chi connectivity index (χ2n) is 4.11. The summed E-state index contributed by atoms with van der Waals surface area (Å²) in [6, 6.07) is 13.8. The first kappa shape index (κ1) is 15.8. The molecule has 0 fully saturated rings. The van der Waals surface area contributed by atoms with Crippen LogP contribution in [0.2, 0.25) is 0 Å². The van der Waals surface area contributed by atoms with Gasteiger partial charge in [-0.15, -0.1) is 0 Å². The molecule has 0 aliphatic rings. The van der Waals surface area contributed by atoms with Gasteiger partial charge in [-0.2, -0.15) is 8.42 Å². The number of hydrogen-bond acceptors (Lipinski definition) is 3. The smallest absolute Gasteiger partial charge is 1.00 e. The largest absolute Gasteiger partial charge is 1.00 e. The molecule has 2 N–H and O–H groups in total. The topological polar surface area (TPSA) is 83.1 Å². The fourth-order valence-electron chi connectivity index (χ4n) is 1.88. The van der Waals surface area contributed by atoms with E-state index in [0.29, 0.717) is 16.9 Å². The molecular weight excluding hydrogens is 303 g/mol. The second kappa shape index (κ2) is 6.06. The van der Waals surface area contributed by atoms with E-state index in [-0.39, 0.29) is 57.7 Å². The Morgan fingerprint density at radius 3 is 2.45 bits per heavy atom. The third kappa shape index (κ3) is 3.20. The molecule has 0 aliphatic carbocycles. The van der Waals surface area contributed by atoms with Crippen LogP contribution in [0, 0.1) is 0 Å². The Kier molecular flexibility index (Phi) is 4.80. The van der Waals surface area contributed by atoms with Crippen LogP contribution in [0.1, 0.15) is 1.43 Å². The zero-order chi connectivity index (χ0) is 13.5. The molecule has 0 amide bonds. The van der Waals surface area contributed by atoms with Crippen LogP contribution in [0.15, 0.2) is 53.4 Å². The molecule has 5 nitrogen and oxygen atoms in total. The number of fused-ring (bicyclic) bond motifs is 1. The molecule has 1 aromatic heterocycles. The van der Waals surface area contributed by atoms with Gasteiger partial charge in [0.05, 0.1) is 15.9 Å². The van der Waals surface area contributed by atoms with Crippen molar-refractivity contribution >= 4 is 21.2 Å². The van der Waals surface area contributed by atoms with E-state index in [1.165, 1.54) is 12.1 Å². The summed E-state index contributed by atoms with van der Waals surface area (Å²) in [6.45, 7) is 0. The van der Waals surface area contributed by atoms with E-state index in [9.17, 15) is 8.42 Å². The van der Waals surface area contributed by atoms with Gasteiger partial charge in [-0.3, -0.25) is 4.55 Å². The van der Waals surface area contributed by atoms with Crippen molar-refractivity contribution in [1.82, 2.24) is 9.97 Å². The quantitative estimate of drug-likeness (QED) is 0.498. The number of aromatic nitrogens is 2. The molecule has 0 bridgehead atoms. The van der Waals surface area contributed by atoms with E-state index < -0.39 is 10.1 Å². The SMILES string of the molecule is O=S(=O)(O)c1ccc2nc(-c3ccccc3)[nH]c2c1.[H-].[K+]. The van der Waals surface area contributed by atoms with Crippen molar-refractivity contribution in [1.29, 1.82) is 0 Å². The molecule has 20 heavy (non-hydrogen) atoms. The van der Waals surface area contributed by atoms with E-state index in [0.717, 1.165) is 5.56 Å². The Balaban J connectivity index is 0.00000110. The monoisotopic (exact) mass is 314 g/mol. The minimum atomic E-state index is -4.20. The summed E-state index contributed by atoms with van der Waals surface area (Å²) in [5, 5.41) is 0. The fraction of sp³-hybridized carbons (Fsp3) is 0. The van der Waals surface area contributed by atoms with Gasteiger partial charge >= 0.3 is 51.4 Å². The molecule has 3 aromatic rings. The van der Waals surface area contributed by atoms with Gasteiger partial charge in [0, 0.05) is 5.56 Å². The number of H-pyrrole nitrogens is 1. The van der Waals surface area contributed by atoms with Crippen LogP contribution in [0.5, 0.6) is 0 Å². The number of hydrogen-bond donors (Lipinski definition) is 2. The van der Waals surface area contributed by atoms with E-state index in [1.54, 1.807) is 6.07 Å². The Labute approximate surface area is 160 Å². The van der Waals surface area contributed by atoms with Crippen molar-refractivity contribution in [2.24, 2.45) is 0 Å². The average molecular weight is 314 g/mol. The number of imidazole rings is 1. The standard InChI is InChI=1S/C13H10N2O3S.K.H/c16-19(17,18)10-6-7-11-12(8-10)15-13(14-11)9-4-2-1-3-5-9;;/h1-8H,(H,14,15)(H,16,17,18);;/q;+1;-1. The van der Waals surface area contributed by atoms with Crippen molar-refractivity contribution in [3.05, 3.63) is 48.5 Å². The van der Waals surface area contributed by atoms with Gasteiger partial charge in [0.15, 0.2) is 0 Å². The van der Waals surface area contributed by atoms with Crippen LogP contribution in [-0.2, 0) is 10.1 Å². The van der Waals surface area contributed by atoms with Gasteiger partial charge in [0.1, 0.15) is 5.82 Å². The van der Waals surface area contributed by atoms with E-state index in [1.807, 2.05) is 30.3 Å². The number of rotatable bonds is 2. The first-order valence-electron chi connectivity index (χ1n) is 5.57. The summed E-state index contributed by atoms with van der Waals surface area (Å²) < 4.78 is 31.2. The van der Waals surface area contributed by atoms with Crippen LogP contribution in [-0.4, -0.2) is 22.9 Å². The molecular formula is C13H11KN2O3S. The molecule has 0 unspecified atom stereocenters. The summed E-state index contributed by atoms with van der Waals surface area (Å²) in [5.74, 6) is 0.656. The summed E-state index contributed by atoms with van der Waals surface area (Å²) in [4.78, 5) is 7.26. The van der Waals surface area contributed by atoms with Crippen LogP contribution in [0.4, 0.5) is 0 Å². The zero-order valence-electron chi connectivity index (χ0n) is 11.7. The normalized spacial score (nSPS) is 11.2. The van der Waals surface area contributed by atoms with Crippen molar-refractivity contribution < 1.29 is 65.8 Å². The Morgan fingerprint density at radius 2 is 1.80 bits per heavy atom. The molecule has 0 saturated heterocycles. The van der Waals surface area contributed by atoms with Gasteiger partial charge < -0.3 is 6.41 Å². The molecule has 3 rings (SSSR count). The molecule has 7 heteroatoms. The number of nitrogens with one attached hydrogen (secondary N) is 1.